The lowest BCUT2D eigenvalue weighted by atomic mass is 10.1. The van der Waals surface area contributed by atoms with Gasteiger partial charge in [-0.2, -0.15) is 0 Å². The molecule has 6 heteroatoms. The number of rotatable bonds is 7. The molecular weight excluding hydrogens is 361 g/mol. The molecule has 1 heterocycles. The number of fused-ring (bicyclic) bond motifs is 1. The predicted molar refractivity (Wildman–Crippen MR) is 108 cm³/mol. The molecule has 0 aliphatic rings. The number of hydrogen-bond acceptors (Lipinski definition) is 4. The number of carbonyl (C=O) groups excluding carboxylic acids is 1. The zero-order valence-electron chi connectivity index (χ0n) is 15.5. The van der Waals surface area contributed by atoms with Gasteiger partial charge in [0.05, 0.1) is 11.3 Å². The Kier molecular flexibility index (Phi) is 6.40. The fourth-order valence-corrected chi connectivity index (χ4v) is 3.49. The van der Waals surface area contributed by atoms with Gasteiger partial charge >= 0.3 is 0 Å². The Morgan fingerprint density at radius 1 is 1.15 bits per heavy atom. The van der Waals surface area contributed by atoms with E-state index in [2.05, 4.69) is 22.2 Å². The van der Waals surface area contributed by atoms with Crippen molar-refractivity contribution in [1.29, 1.82) is 0 Å². The summed E-state index contributed by atoms with van der Waals surface area (Å²) in [6.45, 7) is 4.79. The molecule has 0 spiro atoms. The van der Waals surface area contributed by atoms with E-state index in [-0.39, 0.29) is 11.7 Å². The Labute approximate surface area is 162 Å². The Hall–Kier alpha value is -2.47. The van der Waals surface area contributed by atoms with Crippen molar-refractivity contribution in [3.05, 3.63) is 53.8 Å². The number of hydrogen-bond donors (Lipinski definition) is 1. The maximum Gasteiger partial charge on any atom is 0.230 e. The molecule has 1 N–H and O–H groups in total. The van der Waals surface area contributed by atoms with Crippen LogP contribution in [0.5, 0.6) is 0 Å². The summed E-state index contributed by atoms with van der Waals surface area (Å²) in [5.74, 6) is 0.526. The van der Waals surface area contributed by atoms with Crippen molar-refractivity contribution in [3.63, 3.8) is 0 Å². The zero-order chi connectivity index (χ0) is 19.2. The lowest BCUT2D eigenvalue weighted by Gasteiger charge is -2.10. The van der Waals surface area contributed by atoms with Gasteiger partial charge in [0.2, 0.25) is 5.91 Å². The van der Waals surface area contributed by atoms with Crippen LogP contribution < -0.4 is 5.32 Å². The van der Waals surface area contributed by atoms with Gasteiger partial charge in [-0.25, -0.2) is 14.4 Å². The first-order valence-electron chi connectivity index (χ1n) is 9.00. The number of benzene rings is 2. The van der Waals surface area contributed by atoms with Crippen LogP contribution in [-0.2, 0) is 4.79 Å². The van der Waals surface area contributed by atoms with E-state index < -0.39 is 0 Å². The summed E-state index contributed by atoms with van der Waals surface area (Å²) in [5.41, 5.74) is 2.66. The third kappa shape index (κ3) is 5.04. The molecule has 0 fully saturated rings. The fourth-order valence-electron chi connectivity index (χ4n) is 2.64. The first-order chi connectivity index (χ1) is 13.1. The lowest BCUT2D eigenvalue weighted by Crippen LogP contribution is -2.26. The molecule has 140 valence electrons. The maximum absolute atomic E-state index is 13.2. The van der Waals surface area contributed by atoms with Crippen LogP contribution in [0.2, 0.25) is 0 Å². The van der Waals surface area contributed by atoms with Gasteiger partial charge in [0, 0.05) is 17.5 Å². The molecule has 0 atom stereocenters. The maximum atomic E-state index is 13.2. The minimum atomic E-state index is -0.297. The molecule has 0 saturated heterocycles. The highest BCUT2D eigenvalue weighted by Crippen LogP contribution is 2.29. The highest BCUT2D eigenvalue weighted by atomic mass is 32.2. The van der Waals surface area contributed by atoms with Gasteiger partial charge in [-0.05, 0) is 55.3 Å². The quantitative estimate of drug-likeness (QED) is 0.363. The number of halogens is 1. The summed E-state index contributed by atoms with van der Waals surface area (Å²) >= 11 is 1.40. The van der Waals surface area contributed by atoms with E-state index in [0.717, 1.165) is 39.9 Å². The molecule has 4 nitrogen and oxygen atoms in total. The molecule has 3 rings (SSSR count). The van der Waals surface area contributed by atoms with Crippen molar-refractivity contribution in [2.24, 2.45) is 0 Å². The predicted octanol–water partition coefficient (Wildman–Crippen LogP) is 4.75. The van der Waals surface area contributed by atoms with Gasteiger partial charge in [0.25, 0.3) is 0 Å². The molecule has 0 aliphatic heterocycles. The highest BCUT2D eigenvalue weighted by Gasteiger charge is 2.12. The number of thioether (sulfide) groups is 1. The number of aromatic nitrogens is 2. The molecule has 0 unspecified atom stereocenters. The summed E-state index contributed by atoms with van der Waals surface area (Å²) in [5, 5.41) is 4.59. The lowest BCUT2D eigenvalue weighted by molar-refractivity contribution is -0.118. The minimum Gasteiger partial charge on any atom is -0.355 e. The van der Waals surface area contributed by atoms with Crippen LogP contribution in [0.25, 0.3) is 22.3 Å². The Balaban J connectivity index is 1.90. The number of nitrogens with one attached hydrogen (secondary N) is 1. The van der Waals surface area contributed by atoms with E-state index in [1.165, 1.54) is 23.9 Å². The normalized spacial score (nSPS) is 10.9. The van der Waals surface area contributed by atoms with Gasteiger partial charge in [-0.15, -0.1) is 0 Å². The Bertz CT molecular complexity index is 944. The van der Waals surface area contributed by atoms with Crippen LogP contribution in [0.1, 0.15) is 25.3 Å². The highest BCUT2D eigenvalue weighted by molar-refractivity contribution is 8.00. The third-order valence-electron chi connectivity index (χ3n) is 4.11. The standard InChI is InChI=1S/C21H22FN3OS/c1-3-4-11-23-19(26)13-27-21-17-10-5-14(2)12-18(17)24-20(25-21)15-6-8-16(22)9-7-15/h5-10,12H,3-4,11,13H2,1-2H3,(H,23,26). The second kappa shape index (κ2) is 8.95. The largest absolute Gasteiger partial charge is 0.355 e. The van der Waals surface area contributed by atoms with Gasteiger partial charge in [0.1, 0.15) is 10.8 Å². The monoisotopic (exact) mass is 383 g/mol. The van der Waals surface area contributed by atoms with E-state index in [9.17, 15) is 9.18 Å². The SMILES string of the molecule is CCCCNC(=O)CSc1nc(-c2ccc(F)cc2)nc2cc(C)ccc12. The van der Waals surface area contributed by atoms with Crippen molar-refractivity contribution in [2.75, 3.05) is 12.3 Å². The summed E-state index contributed by atoms with van der Waals surface area (Å²) in [4.78, 5) is 21.3. The summed E-state index contributed by atoms with van der Waals surface area (Å²) in [6, 6.07) is 12.1. The van der Waals surface area contributed by atoms with Crippen LogP contribution in [0.4, 0.5) is 4.39 Å². The van der Waals surface area contributed by atoms with Crippen LogP contribution in [0.3, 0.4) is 0 Å². The number of unbranched alkanes of at least 4 members (excludes halogenated alkanes) is 1. The zero-order valence-corrected chi connectivity index (χ0v) is 16.3. The molecule has 1 amide bonds. The van der Waals surface area contributed by atoms with Crippen molar-refractivity contribution in [1.82, 2.24) is 15.3 Å². The number of carbonyl (C=O) groups is 1. The number of nitrogens with zero attached hydrogens (tertiary/aromatic N) is 2. The fraction of sp³-hybridized carbons (Fsp3) is 0.286. The molecule has 1 aromatic heterocycles. The second-order valence-electron chi connectivity index (χ2n) is 6.37. The molecular formula is C21H22FN3OS. The van der Waals surface area contributed by atoms with E-state index in [4.69, 9.17) is 0 Å². The molecule has 0 bridgehead atoms. The van der Waals surface area contributed by atoms with Crippen molar-refractivity contribution >= 4 is 28.6 Å². The number of amides is 1. The summed E-state index contributed by atoms with van der Waals surface area (Å²) < 4.78 is 13.2. The van der Waals surface area contributed by atoms with E-state index in [1.54, 1.807) is 12.1 Å². The van der Waals surface area contributed by atoms with Crippen molar-refractivity contribution in [2.45, 2.75) is 31.7 Å². The van der Waals surface area contributed by atoms with Gasteiger partial charge in [-0.1, -0.05) is 31.2 Å². The number of aryl methyl sites for hydroxylation is 1. The molecule has 0 saturated carbocycles. The molecule has 0 radical (unpaired) electrons. The van der Waals surface area contributed by atoms with Crippen LogP contribution in [-0.4, -0.2) is 28.2 Å². The van der Waals surface area contributed by atoms with Crippen molar-refractivity contribution in [3.8, 4) is 11.4 Å². The first-order valence-corrected chi connectivity index (χ1v) is 9.99. The Morgan fingerprint density at radius 3 is 2.67 bits per heavy atom. The topological polar surface area (TPSA) is 54.9 Å². The first kappa shape index (κ1) is 19.3. The van der Waals surface area contributed by atoms with E-state index in [1.807, 2.05) is 25.1 Å². The summed E-state index contributed by atoms with van der Waals surface area (Å²) in [6.07, 6.45) is 2.02. The average Bonchev–Trinajstić information content (AvgIpc) is 2.66. The molecule has 3 aromatic rings. The second-order valence-corrected chi connectivity index (χ2v) is 7.34. The van der Waals surface area contributed by atoms with Gasteiger partial charge in [0.15, 0.2) is 5.82 Å². The molecule has 2 aromatic carbocycles. The average molecular weight is 383 g/mol. The minimum absolute atomic E-state index is 0.00402. The van der Waals surface area contributed by atoms with E-state index in [0.29, 0.717) is 18.1 Å². The molecule has 0 aliphatic carbocycles. The van der Waals surface area contributed by atoms with Crippen LogP contribution in [0.15, 0.2) is 47.5 Å². The van der Waals surface area contributed by atoms with Crippen molar-refractivity contribution < 1.29 is 9.18 Å². The Morgan fingerprint density at radius 2 is 1.93 bits per heavy atom. The van der Waals surface area contributed by atoms with Crippen LogP contribution >= 0.6 is 11.8 Å². The van der Waals surface area contributed by atoms with Gasteiger partial charge < -0.3 is 5.32 Å². The third-order valence-corrected chi connectivity index (χ3v) is 5.10. The molecule has 27 heavy (non-hydrogen) atoms. The van der Waals surface area contributed by atoms with Crippen LogP contribution in [0, 0.1) is 12.7 Å². The van der Waals surface area contributed by atoms with E-state index >= 15 is 0 Å². The summed E-state index contributed by atoms with van der Waals surface area (Å²) in [7, 11) is 0. The smallest absolute Gasteiger partial charge is 0.230 e. The van der Waals surface area contributed by atoms with Gasteiger partial charge in [-0.3, -0.25) is 4.79 Å².